The molecule has 0 saturated carbocycles. The molecule has 164 valence electrons. The monoisotopic (exact) mass is 472 g/mol. The number of hydrogen-bond acceptors (Lipinski definition) is 7. The number of benzene rings is 2. The largest absolute Gasteiger partial charge is 0.419 e. The molecule has 0 saturated heterocycles. The molecular weight excluding hydrogens is 455 g/mol. The standard InChI is InChI=1S/C21H18Cl2N6O3/c1-28(11-16-26-27-20(32-16)14-8-7-13(22)9-15(14)23)17-18(24)29(21(31)25-19(17)30)10-12-5-3-2-4-6-12/h2-9H,10-11,24H2,1H3,(H,25,30,31). The van der Waals surface area contributed by atoms with Crippen LogP contribution in [-0.2, 0) is 13.1 Å². The molecule has 2 aromatic carbocycles. The molecule has 4 rings (SSSR count). The molecule has 4 aromatic rings. The zero-order valence-corrected chi connectivity index (χ0v) is 18.4. The van der Waals surface area contributed by atoms with E-state index in [2.05, 4.69) is 15.2 Å². The Balaban J connectivity index is 1.62. The average Bonchev–Trinajstić information content (AvgIpc) is 3.19. The number of nitrogen functional groups attached to an aromatic ring is 1. The van der Waals surface area contributed by atoms with Gasteiger partial charge in [-0.05, 0) is 23.8 Å². The van der Waals surface area contributed by atoms with Gasteiger partial charge in [0.2, 0.25) is 11.8 Å². The van der Waals surface area contributed by atoms with E-state index in [9.17, 15) is 9.59 Å². The van der Waals surface area contributed by atoms with Crippen molar-refractivity contribution in [2.24, 2.45) is 0 Å². The third-order valence-corrected chi connectivity index (χ3v) is 5.33. The van der Waals surface area contributed by atoms with Crippen LogP contribution in [0.5, 0.6) is 0 Å². The summed E-state index contributed by atoms with van der Waals surface area (Å²) in [5, 5.41) is 8.88. The van der Waals surface area contributed by atoms with E-state index in [0.29, 0.717) is 15.6 Å². The summed E-state index contributed by atoms with van der Waals surface area (Å²) in [5.41, 5.74) is 6.53. The topological polar surface area (TPSA) is 123 Å². The Morgan fingerprint density at radius 2 is 1.88 bits per heavy atom. The molecule has 0 aliphatic heterocycles. The zero-order valence-electron chi connectivity index (χ0n) is 16.9. The van der Waals surface area contributed by atoms with Gasteiger partial charge in [0, 0.05) is 12.1 Å². The van der Waals surface area contributed by atoms with Crippen LogP contribution >= 0.6 is 23.2 Å². The number of nitrogens with two attached hydrogens (primary N) is 1. The van der Waals surface area contributed by atoms with Gasteiger partial charge >= 0.3 is 5.69 Å². The van der Waals surface area contributed by atoms with Crippen molar-refractivity contribution in [1.29, 1.82) is 0 Å². The number of nitrogens with one attached hydrogen (secondary N) is 1. The van der Waals surface area contributed by atoms with Crippen molar-refractivity contribution in [2.75, 3.05) is 17.7 Å². The van der Waals surface area contributed by atoms with Crippen molar-refractivity contribution in [3.05, 3.63) is 90.9 Å². The maximum Gasteiger partial charge on any atom is 0.330 e. The van der Waals surface area contributed by atoms with Gasteiger partial charge in [0.1, 0.15) is 11.5 Å². The van der Waals surface area contributed by atoms with E-state index in [4.69, 9.17) is 33.4 Å². The number of anilines is 2. The molecule has 11 heteroatoms. The van der Waals surface area contributed by atoms with Gasteiger partial charge in [-0.25, -0.2) is 4.79 Å². The molecule has 0 bridgehead atoms. The van der Waals surface area contributed by atoms with E-state index in [0.717, 1.165) is 5.56 Å². The molecule has 0 radical (unpaired) electrons. The van der Waals surface area contributed by atoms with Crippen LogP contribution in [0, 0.1) is 0 Å². The fourth-order valence-electron chi connectivity index (χ4n) is 3.24. The highest BCUT2D eigenvalue weighted by Crippen LogP contribution is 2.29. The van der Waals surface area contributed by atoms with Crippen LogP contribution in [0.3, 0.4) is 0 Å². The van der Waals surface area contributed by atoms with E-state index in [1.54, 1.807) is 25.2 Å². The van der Waals surface area contributed by atoms with Crippen LogP contribution in [-0.4, -0.2) is 26.8 Å². The fourth-order valence-corrected chi connectivity index (χ4v) is 3.73. The molecule has 0 fully saturated rings. The SMILES string of the molecule is CN(Cc1nnc(-c2ccc(Cl)cc2Cl)o1)c1c(N)n(Cc2ccccc2)c(=O)[nH]c1=O. The molecule has 0 aliphatic rings. The summed E-state index contributed by atoms with van der Waals surface area (Å²) in [6.07, 6.45) is 0. The van der Waals surface area contributed by atoms with Crippen molar-refractivity contribution in [3.8, 4) is 11.5 Å². The number of aromatic amines is 1. The number of rotatable bonds is 6. The van der Waals surface area contributed by atoms with Crippen LogP contribution in [0.15, 0.2) is 62.5 Å². The molecule has 2 heterocycles. The lowest BCUT2D eigenvalue weighted by Crippen LogP contribution is -2.37. The lowest BCUT2D eigenvalue weighted by molar-refractivity contribution is 0.503. The lowest BCUT2D eigenvalue weighted by Gasteiger charge is -2.20. The van der Waals surface area contributed by atoms with Gasteiger partial charge in [-0.1, -0.05) is 53.5 Å². The van der Waals surface area contributed by atoms with Gasteiger partial charge in [-0.2, -0.15) is 0 Å². The highest BCUT2D eigenvalue weighted by Gasteiger charge is 2.19. The summed E-state index contributed by atoms with van der Waals surface area (Å²) < 4.78 is 7.00. The number of hydrogen-bond donors (Lipinski definition) is 2. The van der Waals surface area contributed by atoms with Crippen LogP contribution in [0.1, 0.15) is 11.5 Å². The molecule has 9 nitrogen and oxygen atoms in total. The first-order valence-corrected chi connectivity index (χ1v) is 10.2. The summed E-state index contributed by atoms with van der Waals surface area (Å²) in [7, 11) is 1.64. The molecule has 0 amide bonds. The highest BCUT2D eigenvalue weighted by molar-refractivity contribution is 6.36. The van der Waals surface area contributed by atoms with Crippen LogP contribution in [0.25, 0.3) is 11.5 Å². The van der Waals surface area contributed by atoms with Gasteiger partial charge in [0.25, 0.3) is 5.56 Å². The van der Waals surface area contributed by atoms with Crippen molar-refractivity contribution >= 4 is 34.7 Å². The van der Waals surface area contributed by atoms with Crippen molar-refractivity contribution in [1.82, 2.24) is 19.7 Å². The lowest BCUT2D eigenvalue weighted by atomic mass is 10.2. The minimum Gasteiger partial charge on any atom is -0.419 e. The van der Waals surface area contributed by atoms with E-state index in [1.165, 1.54) is 9.47 Å². The third-order valence-electron chi connectivity index (χ3n) is 4.78. The summed E-state index contributed by atoms with van der Waals surface area (Å²) in [6, 6.07) is 14.2. The predicted molar refractivity (Wildman–Crippen MR) is 123 cm³/mol. The van der Waals surface area contributed by atoms with E-state index >= 15 is 0 Å². The molecule has 0 spiro atoms. The fraction of sp³-hybridized carbons (Fsp3) is 0.143. The van der Waals surface area contributed by atoms with Gasteiger partial charge in [-0.3, -0.25) is 14.3 Å². The molecule has 3 N–H and O–H groups in total. The molecular formula is C21H18Cl2N6O3. The van der Waals surface area contributed by atoms with Crippen molar-refractivity contribution in [3.63, 3.8) is 0 Å². The summed E-state index contributed by atoms with van der Waals surface area (Å²) in [5.74, 6) is 0.477. The second kappa shape index (κ2) is 8.89. The number of aromatic nitrogens is 4. The second-order valence-corrected chi connectivity index (χ2v) is 7.89. The van der Waals surface area contributed by atoms with Gasteiger partial charge in [0.15, 0.2) is 0 Å². The first-order valence-electron chi connectivity index (χ1n) is 9.49. The number of nitrogens with zero attached hydrogens (tertiary/aromatic N) is 4. The Hall–Kier alpha value is -3.56. The second-order valence-electron chi connectivity index (χ2n) is 7.05. The molecule has 0 atom stereocenters. The Kier molecular flexibility index (Phi) is 6.02. The minimum absolute atomic E-state index is 0.0330. The van der Waals surface area contributed by atoms with Crippen LogP contribution in [0.4, 0.5) is 11.5 Å². The van der Waals surface area contributed by atoms with Gasteiger partial charge < -0.3 is 15.1 Å². The molecule has 0 unspecified atom stereocenters. The zero-order chi connectivity index (χ0) is 22.8. The first-order chi connectivity index (χ1) is 15.3. The predicted octanol–water partition coefficient (Wildman–Crippen LogP) is 3.16. The van der Waals surface area contributed by atoms with Crippen molar-refractivity contribution in [2.45, 2.75) is 13.1 Å². The number of halogens is 2. The smallest absolute Gasteiger partial charge is 0.330 e. The van der Waals surface area contributed by atoms with Gasteiger partial charge in [-0.15, -0.1) is 10.2 Å². The third kappa shape index (κ3) is 4.39. The van der Waals surface area contributed by atoms with E-state index in [1.807, 2.05) is 30.3 Å². The number of H-pyrrole nitrogens is 1. The molecule has 2 aromatic heterocycles. The van der Waals surface area contributed by atoms with Crippen LogP contribution in [0.2, 0.25) is 10.0 Å². The quantitative estimate of drug-likeness (QED) is 0.441. The summed E-state index contributed by atoms with van der Waals surface area (Å²) in [4.78, 5) is 28.7. The summed E-state index contributed by atoms with van der Waals surface area (Å²) in [6.45, 7) is 0.290. The normalized spacial score (nSPS) is 11.0. The maximum atomic E-state index is 12.5. The van der Waals surface area contributed by atoms with Gasteiger partial charge in [0.05, 0.1) is 23.7 Å². The van der Waals surface area contributed by atoms with E-state index in [-0.39, 0.29) is 36.4 Å². The average molecular weight is 473 g/mol. The first kappa shape index (κ1) is 21.7. The van der Waals surface area contributed by atoms with Crippen molar-refractivity contribution < 1.29 is 4.42 Å². The minimum atomic E-state index is -0.611. The van der Waals surface area contributed by atoms with Crippen LogP contribution < -0.4 is 21.9 Å². The molecule has 0 aliphatic carbocycles. The Bertz CT molecular complexity index is 1380. The Labute approximate surface area is 192 Å². The molecule has 32 heavy (non-hydrogen) atoms. The Morgan fingerprint density at radius 1 is 1.12 bits per heavy atom. The van der Waals surface area contributed by atoms with E-state index < -0.39 is 11.2 Å². The summed E-state index contributed by atoms with van der Waals surface area (Å²) >= 11 is 12.1. The maximum absolute atomic E-state index is 12.5. The highest BCUT2D eigenvalue weighted by atomic mass is 35.5. The Morgan fingerprint density at radius 3 is 2.59 bits per heavy atom.